The van der Waals surface area contributed by atoms with Gasteiger partial charge in [0.05, 0.1) is 40.0 Å². The molecule has 8 heteroatoms. The molecule has 0 amide bonds. The van der Waals surface area contributed by atoms with Gasteiger partial charge in [0.25, 0.3) is 0 Å². The normalized spacial score (nSPS) is 11.1. The molecule has 0 saturated carbocycles. The molecule has 0 bridgehead atoms. The van der Waals surface area contributed by atoms with Gasteiger partial charge < -0.3 is 9.47 Å². The van der Waals surface area contributed by atoms with Gasteiger partial charge in [-0.3, -0.25) is 4.98 Å². The zero-order chi connectivity index (χ0) is 15.9. The Balaban J connectivity index is 1.92. The molecule has 0 unspecified atom stereocenters. The van der Waals surface area contributed by atoms with Crippen LogP contribution in [-0.2, 0) is 13.6 Å². The van der Waals surface area contributed by atoms with E-state index in [2.05, 4.69) is 15.0 Å². The third-order valence-electron chi connectivity index (χ3n) is 3.37. The third kappa shape index (κ3) is 2.84. The van der Waals surface area contributed by atoms with Crippen LogP contribution in [0.2, 0.25) is 15.2 Å². The molecular weight excluding hydrogens is 345 g/mol. The Morgan fingerprint density at radius 1 is 1.05 bits per heavy atom. The summed E-state index contributed by atoms with van der Waals surface area (Å²) < 4.78 is 1.82. The van der Waals surface area contributed by atoms with Gasteiger partial charge >= 0.3 is 0 Å². The van der Waals surface area contributed by atoms with E-state index >= 15 is 0 Å². The number of aromatic nitrogens is 4. The minimum Gasteiger partial charge on any atom is -0.351 e. The molecule has 1 aromatic carbocycles. The number of rotatable bonds is 3. The van der Waals surface area contributed by atoms with Crippen molar-refractivity contribution < 1.29 is 0 Å². The van der Waals surface area contributed by atoms with Gasteiger partial charge in [-0.25, -0.2) is 9.97 Å². The minimum atomic E-state index is 0.458. The molecule has 0 aliphatic rings. The molecule has 0 spiro atoms. The van der Waals surface area contributed by atoms with Gasteiger partial charge in [0.2, 0.25) is 0 Å². The lowest BCUT2D eigenvalue weighted by molar-refractivity contribution is 0.756. The molecule has 22 heavy (non-hydrogen) atoms. The van der Waals surface area contributed by atoms with E-state index in [1.54, 1.807) is 24.5 Å². The molecule has 0 N–H and O–H groups in total. The molecule has 2 aromatic heterocycles. The topological polar surface area (TPSA) is 46.8 Å². The Bertz CT molecular complexity index is 846. The molecule has 3 aromatic rings. The average molecular weight is 357 g/mol. The van der Waals surface area contributed by atoms with Crippen LogP contribution in [-0.4, -0.2) is 26.6 Å². The molecule has 0 atom stereocenters. The van der Waals surface area contributed by atoms with Crippen molar-refractivity contribution in [2.24, 2.45) is 7.05 Å². The van der Waals surface area contributed by atoms with Crippen LogP contribution in [0.15, 0.2) is 24.5 Å². The monoisotopic (exact) mass is 355 g/mol. The Hall–Kier alpha value is -1.56. The molecule has 0 saturated heterocycles. The average Bonchev–Trinajstić information content (AvgIpc) is 2.80. The van der Waals surface area contributed by atoms with Gasteiger partial charge in [-0.15, -0.1) is 0 Å². The second-order valence-corrected chi connectivity index (χ2v) is 6.10. The molecule has 0 aliphatic heterocycles. The number of fused-ring (bicyclic) bond motifs is 1. The van der Waals surface area contributed by atoms with Crippen molar-refractivity contribution in [3.63, 3.8) is 0 Å². The summed E-state index contributed by atoms with van der Waals surface area (Å²) in [5.41, 5.74) is 1.39. The van der Waals surface area contributed by atoms with Gasteiger partial charge in [0, 0.05) is 14.1 Å². The number of nitrogens with zero attached hydrogens (tertiary/aromatic N) is 5. The summed E-state index contributed by atoms with van der Waals surface area (Å²) >= 11 is 18.0. The van der Waals surface area contributed by atoms with Crippen LogP contribution in [0.25, 0.3) is 11.0 Å². The lowest BCUT2D eigenvalue weighted by atomic mass is 10.3. The van der Waals surface area contributed by atoms with Crippen LogP contribution in [0.3, 0.4) is 0 Å². The molecular formula is C14H12Cl3N5. The van der Waals surface area contributed by atoms with Crippen molar-refractivity contribution in [1.29, 1.82) is 0 Å². The summed E-state index contributed by atoms with van der Waals surface area (Å²) in [6, 6.07) is 3.41. The molecule has 0 fully saturated rings. The molecule has 2 heterocycles. The summed E-state index contributed by atoms with van der Waals surface area (Å²) in [5.74, 6) is 1.55. The number of benzene rings is 1. The number of imidazole rings is 1. The van der Waals surface area contributed by atoms with Gasteiger partial charge in [0.1, 0.15) is 16.8 Å². The molecule has 0 aliphatic carbocycles. The van der Waals surface area contributed by atoms with Crippen LogP contribution >= 0.6 is 34.8 Å². The molecule has 5 nitrogen and oxygen atoms in total. The van der Waals surface area contributed by atoms with Crippen LogP contribution in [0.5, 0.6) is 0 Å². The van der Waals surface area contributed by atoms with Gasteiger partial charge in [-0.2, -0.15) is 0 Å². The SMILES string of the molecule is CN(Cc1ncc(Cl)n1C)c1cnc2cc(Cl)c(Cl)cc2n1. The lowest BCUT2D eigenvalue weighted by Crippen LogP contribution is -2.20. The van der Waals surface area contributed by atoms with Crippen molar-refractivity contribution in [2.45, 2.75) is 6.54 Å². The van der Waals surface area contributed by atoms with E-state index in [0.717, 1.165) is 5.82 Å². The highest BCUT2D eigenvalue weighted by atomic mass is 35.5. The number of halogens is 3. The summed E-state index contributed by atoms with van der Waals surface area (Å²) in [7, 11) is 3.78. The van der Waals surface area contributed by atoms with Crippen molar-refractivity contribution in [3.8, 4) is 0 Å². The first-order valence-corrected chi connectivity index (χ1v) is 7.58. The number of hydrogen-bond acceptors (Lipinski definition) is 4. The number of hydrogen-bond donors (Lipinski definition) is 0. The highest BCUT2D eigenvalue weighted by molar-refractivity contribution is 6.42. The maximum absolute atomic E-state index is 6.03. The predicted molar refractivity (Wildman–Crippen MR) is 89.9 cm³/mol. The molecule has 114 valence electrons. The lowest BCUT2D eigenvalue weighted by Gasteiger charge is -2.18. The van der Waals surface area contributed by atoms with Crippen molar-refractivity contribution >= 4 is 51.7 Å². The van der Waals surface area contributed by atoms with E-state index in [-0.39, 0.29) is 0 Å². The maximum atomic E-state index is 6.03. The summed E-state index contributed by atoms with van der Waals surface area (Å²) in [6.07, 6.45) is 3.32. The van der Waals surface area contributed by atoms with E-state index in [0.29, 0.717) is 38.6 Å². The highest BCUT2D eigenvalue weighted by Crippen LogP contribution is 2.27. The quantitative estimate of drug-likeness (QED) is 0.712. The van der Waals surface area contributed by atoms with E-state index in [1.807, 2.05) is 23.6 Å². The smallest absolute Gasteiger partial charge is 0.147 e. The van der Waals surface area contributed by atoms with Crippen LogP contribution in [0.1, 0.15) is 5.82 Å². The summed E-state index contributed by atoms with van der Waals surface area (Å²) in [6.45, 7) is 0.560. The highest BCUT2D eigenvalue weighted by Gasteiger charge is 2.11. The standard InChI is InChI=1S/C14H12Cl3N5/c1-21(7-14-19-5-12(17)22(14)2)13-6-18-10-3-8(15)9(16)4-11(10)20-13/h3-6H,7H2,1-2H3. The van der Waals surface area contributed by atoms with E-state index < -0.39 is 0 Å². The largest absolute Gasteiger partial charge is 0.351 e. The number of anilines is 1. The predicted octanol–water partition coefficient (Wildman–Crippen LogP) is 3.96. The van der Waals surface area contributed by atoms with Gasteiger partial charge in [0.15, 0.2) is 0 Å². The van der Waals surface area contributed by atoms with Gasteiger partial charge in [-0.1, -0.05) is 34.8 Å². The second kappa shape index (κ2) is 5.91. The Morgan fingerprint density at radius 2 is 1.73 bits per heavy atom. The fraction of sp³-hybridized carbons (Fsp3) is 0.214. The Labute approximate surface area is 142 Å². The van der Waals surface area contributed by atoms with Crippen LogP contribution in [0, 0.1) is 0 Å². The first kappa shape index (κ1) is 15.3. The fourth-order valence-corrected chi connectivity index (χ4v) is 2.51. The molecule has 0 radical (unpaired) electrons. The van der Waals surface area contributed by atoms with Crippen molar-refractivity contribution in [3.05, 3.63) is 45.5 Å². The van der Waals surface area contributed by atoms with Crippen LogP contribution < -0.4 is 4.90 Å². The van der Waals surface area contributed by atoms with Crippen molar-refractivity contribution in [1.82, 2.24) is 19.5 Å². The van der Waals surface area contributed by atoms with E-state index in [4.69, 9.17) is 34.8 Å². The summed E-state index contributed by atoms with van der Waals surface area (Å²) in [5, 5.41) is 1.51. The maximum Gasteiger partial charge on any atom is 0.147 e. The first-order valence-electron chi connectivity index (χ1n) is 6.44. The zero-order valence-electron chi connectivity index (χ0n) is 11.9. The Kier molecular flexibility index (Phi) is 4.12. The third-order valence-corrected chi connectivity index (χ3v) is 4.44. The van der Waals surface area contributed by atoms with Crippen molar-refractivity contribution in [2.75, 3.05) is 11.9 Å². The summed E-state index contributed by atoms with van der Waals surface area (Å²) in [4.78, 5) is 15.1. The second-order valence-electron chi connectivity index (χ2n) is 4.90. The van der Waals surface area contributed by atoms with Crippen LogP contribution in [0.4, 0.5) is 5.82 Å². The van der Waals surface area contributed by atoms with Gasteiger partial charge in [-0.05, 0) is 12.1 Å². The van der Waals surface area contributed by atoms with E-state index in [9.17, 15) is 0 Å². The zero-order valence-corrected chi connectivity index (χ0v) is 14.2. The minimum absolute atomic E-state index is 0.458. The fourth-order valence-electron chi connectivity index (χ4n) is 2.05. The Morgan fingerprint density at radius 3 is 2.36 bits per heavy atom. The molecule has 3 rings (SSSR count). The van der Waals surface area contributed by atoms with E-state index in [1.165, 1.54) is 0 Å². The first-order chi connectivity index (χ1) is 10.5.